The molecule has 3 aromatic carbocycles. The van der Waals surface area contributed by atoms with Crippen molar-refractivity contribution in [3.8, 4) is 28.0 Å². The average molecular weight is 521 g/mol. The van der Waals surface area contributed by atoms with Crippen molar-refractivity contribution in [3.05, 3.63) is 103 Å². The summed E-state index contributed by atoms with van der Waals surface area (Å²) in [6, 6.07) is 16.5. The second-order valence-electron chi connectivity index (χ2n) is 8.44. The van der Waals surface area contributed by atoms with Gasteiger partial charge in [0.1, 0.15) is 30.6 Å². The molecule has 3 rings (SSSR count). The van der Waals surface area contributed by atoms with Crippen molar-refractivity contribution in [2.24, 2.45) is 0 Å². The van der Waals surface area contributed by atoms with Crippen LogP contribution in [0, 0.1) is 11.6 Å². The SMILES string of the molecule is C=CC(=O)OCCCCCc1ccc(-c2ccc(-c3ccc(OCCOC(=O)C=C)cc3)c(F)c2)c(F)c1. The van der Waals surface area contributed by atoms with Gasteiger partial charge in [-0.25, -0.2) is 18.4 Å². The molecule has 0 fully saturated rings. The molecule has 198 valence electrons. The predicted molar refractivity (Wildman–Crippen MR) is 143 cm³/mol. The minimum absolute atomic E-state index is 0.0925. The Kier molecular flexibility index (Phi) is 10.8. The number of hydrogen-bond acceptors (Lipinski definition) is 5. The Balaban J connectivity index is 1.56. The number of benzene rings is 3. The van der Waals surface area contributed by atoms with Crippen LogP contribution >= 0.6 is 0 Å². The fourth-order valence-corrected chi connectivity index (χ4v) is 3.80. The van der Waals surface area contributed by atoms with Gasteiger partial charge in [-0.15, -0.1) is 0 Å². The zero-order valence-electron chi connectivity index (χ0n) is 21.1. The summed E-state index contributed by atoms with van der Waals surface area (Å²) in [5.41, 5.74) is 2.67. The minimum Gasteiger partial charge on any atom is -0.490 e. The Hall–Kier alpha value is -4.26. The number of hydrogen-bond donors (Lipinski definition) is 0. The van der Waals surface area contributed by atoms with E-state index in [9.17, 15) is 18.4 Å². The molecule has 0 aliphatic rings. The molecule has 5 nitrogen and oxygen atoms in total. The molecule has 0 amide bonds. The number of carbonyl (C=O) groups excluding carboxylic acids is 2. The summed E-state index contributed by atoms with van der Waals surface area (Å²) in [5.74, 6) is -1.27. The first kappa shape index (κ1) is 28.3. The summed E-state index contributed by atoms with van der Waals surface area (Å²) >= 11 is 0. The summed E-state index contributed by atoms with van der Waals surface area (Å²) in [6.45, 7) is 7.28. The molecular weight excluding hydrogens is 490 g/mol. The van der Waals surface area contributed by atoms with E-state index in [-0.39, 0.29) is 13.2 Å². The highest BCUT2D eigenvalue weighted by molar-refractivity contribution is 5.81. The van der Waals surface area contributed by atoms with Gasteiger partial charge in [0, 0.05) is 23.3 Å². The van der Waals surface area contributed by atoms with Crippen molar-refractivity contribution in [1.29, 1.82) is 0 Å². The molecule has 0 bridgehead atoms. The zero-order valence-corrected chi connectivity index (χ0v) is 21.1. The highest BCUT2D eigenvalue weighted by Crippen LogP contribution is 2.31. The van der Waals surface area contributed by atoms with Gasteiger partial charge < -0.3 is 14.2 Å². The van der Waals surface area contributed by atoms with Crippen LogP contribution in [0.3, 0.4) is 0 Å². The summed E-state index contributed by atoms with van der Waals surface area (Å²) < 4.78 is 45.1. The summed E-state index contributed by atoms with van der Waals surface area (Å²) in [7, 11) is 0. The van der Waals surface area contributed by atoms with Gasteiger partial charge in [0.05, 0.1) is 6.61 Å². The van der Waals surface area contributed by atoms with Gasteiger partial charge in [-0.1, -0.05) is 49.6 Å². The molecule has 0 aromatic heterocycles. The number of aryl methyl sites for hydroxylation is 1. The molecule has 3 aromatic rings. The summed E-state index contributed by atoms with van der Waals surface area (Å²) in [4.78, 5) is 22.0. The lowest BCUT2D eigenvalue weighted by Crippen LogP contribution is -2.10. The molecule has 0 N–H and O–H groups in total. The van der Waals surface area contributed by atoms with Crippen LogP contribution in [0.5, 0.6) is 5.75 Å². The van der Waals surface area contributed by atoms with Gasteiger partial charge in [0.25, 0.3) is 0 Å². The largest absolute Gasteiger partial charge is 0.490 e. The van der Waals surface area contributed by atoms with E-state index in [0.29, 0.717) is 41.0 Å². The van der Waals surface area contributed by atoms with Crippen molar-refractivity contribution in [1.82, 2.24) is 0 Å². The quantitative estimate of drug-likeness (QED) is 0.132. The van der Waals surface area contributed by atoms with Crippen LogP contribution in [-0.4, -0.2) is 31.8 Å². The lowest BCUT2D eigenvalue weighted by molar-refractivity contribution is -0.139. The van der Waals surface area contributed by atoms with Gasteiger partial charge in [-0.2, -0.15) is 0 Å². The van der Waals surface area contributed by atoms with Crippen LogP contribution in [0.15, 0.2) is 86.0 Å². The molecule has 0 spiro atoms. The Bertz CT molecular complexity index is 1270. The van der Waals surface area contributed by atoms with E-state index < -0.39 is 23.6 Å². The molecule has 0 saturated heterocycles. The van der Waals surface area contributed by atoms with Gasteiger partial charge >= 0.3 is 11.9 Å². The highest BCUT2D eigenvalue weighted by atomic mass is 19.1. The molecule has 0 radical (unpaired) electrons. The lowest BCUT2D eigenvalue weighted by Gasteiger charge is -2.10. The van der Waals surface area contributed by atoms with E-state index in [1.54, 1.807) is 42.5 Å². The van der Waals surface area contributed by atoms with Crippen LogP contribution < -0.4 is 4.74 Å². The second-order valence-corrected chi connectivity index (χ2v) is 8.44. The molecular formula is C31H30F2O5. The van der Waals surface area contributed by atoms with E-state index >= 15 is 0 Å². The molecule has 0 aliphatic carbocycles. The molecule has 0 saturated carbocycles. The molecule has 0 unspecified atom stereocenters. The number of halogens is 2. The maximum atomic E-state index is 15.0. The van der Waals surface area contributed by atoms with Crippen LogP contribution in [-0.2, 0) is 25.5 Å². The Labute approximate surface area is 221 Å². The lowest BCUT2D eigenvalue weighted by atomic mass is 9.97. The second kappa shape index (κ2) is 14.5. The van der Waals surface area contributed by atoms with Crippen molar-refractivity contribution in [2.75, 3.05) is 19.8 Å². The van der Waals surface area contributed by atoms with Crippen molar-refractivity contribution in [2.45, 2.75) is 25.7 Å². The first-order valence-corrected chi connectivity index (χ1v) is 12.3. The van der Waals surface area contributed by atoms with E-state index in [2.05, 4.69) is 13.2 Å². The molecule has 0 atom stereocenters. The maximum absolute atomic E-state index is 15.0. The fourth-order valence-electron chi connectivity index (χ4n) is 3.80. The first-order valence-electron chi connectivity index (χ1n) is 12.3. The van der Waals surface area contributed by atoms with Crippen molar-refractivity contribution >= 4 is 11.9 Å². The Morgan fingerprint density at radius 1 is 0.684 bits per heavy atom. The summed E-state index contributed by atoms with van der Waals surface area (Å²) in [6.07, 6.45) is 5.32. The predicted octanol–water partition coefficient (Wildman–Crippen LogP) is 6.85. The zero-order chi connectivity index (χ0) is 27.3. The molecule has 0 heterocycles. The van der Waals surface area contributed by atoms with Crippen molar-refractivity contribution < 1.29 is 32.6 Å². The van der Waals surface area contributed by atoms with Crippen LogP contribution in [0.4, 0.5) is 8.78 Å². The third kappa shape index (κ3) is 8.40. The monoisotopic (exact) mass is 520 g/mol. The van der Waals surface area contributed by atoms with Crippen LogP contribution in [0.1, 0.15) is 24.8 Å². The fraction of sp³-hybridized carbons (Fsp3) is 0.226. The third-order valence-corrected chi connectivity index (χ3v) is 5.76. The Morgan fingerprint density at radius 2 is 1.29 bits per heavy atom. The smallest absolute Gasteiger partial charge is 0.330 e. The molecule has 38 heavy (non-hydrogen) atoms. The normalized spacial score (nSPS) is 10.5. The maximum Gasteiger partial charge on any atom is 0.330 e. The van der Waals surface area contributed by atoms with Crippen LogP contribution in [0.2, 0.25) is 0 Å². The van der Waals surface area contributed by atoms with Crippen LogP contribution in [0.25, 0.3) is 22.3 Å². The van der Waals surface area contributed by atoms with E-state index in [1.807, 2.05) is 6.07 Å². The van der Waals surface area contributed by atoms with E-state index in [1.165, 1.54) is 12.1 Å². The minimum atomic E-state index is -0.517. The number of rotatable bonds is 14. The number of esters is 2. The van der Waals surface area contributed by atoms with E-state index in [0.717, 1.165) is 37.0 Å². The third-order valence-electron chi connectivity index (χ3n) is 5.76. The van der Waals surface area contributed by atoms with Gasteiger partial charge in [-0.3, -0.25) is 0 Å². The number of unbranched alkanes of at least 4 members (excludes halogenated alkanes) is 2. The van der Waals surface area contributed by atoms with E-state index in [4.69, 9.17) is 14.2 Å². The molecule has 7 heteroatoms. The Morgan fingerprint density at radius 3 is 1.95 bits per heavy atom. The molecule has 0 aliphatic heterocycles. The average Bonchev–Trinajstić information content (AvgIpc) is 2.93. The van der Waals surface area contributed by atoms with Crippen molar-refractivity contribution in [3.63, 3.8) is 0 Å². The first-order chi connectivity index (χ1) is 18.4. The number of ether oxygens (including phenoxy) is 3. The highest BCUT2D eigenvalue weighted by Gasteiger charge is 2.11. The van der Waals surface area contributed by atoms with Gasteiger partial charge in [0.15, 0.2) is 0 Å². The topological polar surface area (TPSA) is 61.8 Å². The standard InChI is InChI=1S/C31H30F2O5/c1-3-30(34)37-17-7-5-6-8-22-9-15-27(28(32)20-22)24-12-16-26(29(33)21-24)23-10-13-25(14-11-23)36-18-19-38-31(35)4-2/h3-4,9-16,20-21H,1-2,5-8,17-19H2. The number of carbonyl (C=O) groups is 2. The van der Waals surface area contributed by atoms with Gasteiger partial charge in [0.2, 0.25) is 0 Å². The van der Waals surface area contributed by atoms with Gasteiger partial charge in [-0.05, 0) is 66.6 Å². The summed E-state index contributed by atoms with van der Waals surface area (Å²) in [5, 5.41) is 0.